The van der Waals surface area contributed by atoms with Crippen LogP contribution in [0.25, 0.3) is 0 Å². The van der Waals surface area contributed by atoms with Crippen LogP contribution in [0, 0.1) is 17.3 Å². The van der Waals surface area contributed by atoms with Crippen LogP contribution in [0.3, 0.4) is 0 Å². The van der Waals surface area contributed by atoms with Gasteiger partial charge in [-0.05, 0) is 90.0 Å². The Labute approximate surface area is 155 Å². The molecule has 0 spiro atoms. The summed E-state index contributed by atoms with van der Waals surface area (Å²) in [5.74, 6) is 2.58. The highest BCUT2D eigenvalue weighted by Crippen LogP contribution is 2.63. The molecule has 2 nitrogen and oxygen atoms in total. The van der Waals surface area contributed by atoms with Crippen LogP contribution in [0.2, 0.25) is 0 Å². The Morgan fingerprint density at radius 3 is 2.65 bits per heavy atom. The molecule has 0 amide bonds. The molecule has 6 atom stereocenters. The van der Waals surface area contributed by atoms with E-state index in [1.54, 1.807) is 0 Å². The van der Waals surface area contributed by atoms with Crippen LogP contribution in [0.15, 0.2) is 48.5 Å². The molecule has 3 aliphatic rings. The van der Waals surface area contributed by atoms with Gasteiger partial charge in [0.25, 0.3) is 0 Å². The maximum absolute atomic E-state index is 10.5. The molecule has 2 aromatic rings. The number of aliphatic hydroxyl groups excluding tert-OH is 1. The van der Waals surface area contributed by atoms with Crippen molar-refractivity contribution in [2.75, 3.05) is 0 Å². The van der Waals surface area contributed by atoms with Gasteiger partial charge in [-0.15, -0.1) is 0 Å². The summed E-state index contributed by atoms with van der Waals surface area (Å²) in [5.41, 5.74) is 4.47. The lowest BCUT2D eigenvalue weighted by molar-refractivity contribution is 0.0468. The van der Waals surface area contributed by atoms with Crippen LogP contribution in [0.1, 0.15) is 61.1 Å². The predicted octanol–water partition coefficient (Wildman–Crippen LogP) is 5.00. The average Bonchev–Trinajstić information content (AvgIpc) is 2.95. The molecule has 0 aromatic heterocycles. The molecule has 136 valence electrons. The minimum Gasteiger partial charge on any atom is -0.508 e. The topological polar surface area (TPSA) is 40.5 Å². The third-order valence-corrected chi connectivity index (χ3v) is 7.74. The second-order valence-electron chi connectivity index (χ2n) is 9.18. The molecular weight excluding hydrogens is 320 g/mol. The van der Waals surface area contributed by atoms with Crippen molar-refractivity contribution in [3.8, 4) is 5.75 Å². The fourth-order valence-electron chi connectivity index (χ4n) is 6.69. The van der Waals surface area contributed by atoms with E-state index < -0.39 is 0 Å². The van der Waals surface area contributed by atoms with E-state index in [-0.39, 0.29) is 11.5 Å². The predicted molar refractivity (Wildman–Crippen MR) is 103 cm³/mol. The summed E-state index contributed by atoms with van der Waals surface area (Å²) in [6, 6.07) is 16.9. The van der Waals surface area contributed by atoms with E-state index in [9.17, 15) is 10.2 Å². The van der Waals surface area contributed by atoms with Gasteiger partial charge < -0.3 is 10.2 Å². The zero-order valence-corrected chi connectivity index (χ0v) is 15.4. The largest absolute Gasteiger partial charge is 0.508 e. The van der Waals surface area contributed by atoms with Gasteiger partial charge in [0, 0.05) is 0 Å². The highest BCUT2D eigenvalue weighted by atomic mass is 16.3. The van der Waals surface area contributed by atoms with Gasteiger partial charge in [-0.2, -0.15) is 0 Å². The summed E-state index contributed by atoms with van der Waals surface area (Å²) in [6.07, 6.45) is 5.18. The minimum absolute atomic E-state index is 0.138. The molecule has 26 heavy (non-hydrogen) atoms. The summed E-state index contributed by atoms with van der Waals surface area (Å²) in [5, 5.41) is 20.5. The standard InChI is InChI=1S/C24H28O2/c1-24-10-9-20-19-8-7-17(25)11-16(19)12-21(15-5-3-2-4-6-15)23(20)22(24)13-18(26)14-24/h2-8,11,18,20-23,25-26H,9-10,12-14H2,1H3/t18-,20-,21+,22+,23+,24-/m1/s1. The molecule has 0 saturated heterocycles. The minimum atomic E-state index is -0.138. The molecule has 0 radical (unpaired) electrons. The van der Waals surface area contributed by atoms with Crippen molar-refractivity contribution in [2.45, 2.75) is 57.0 Å². The van der Waals surface area contributed by atoms with E-state index in [2.05, 4.69) is 43.3 Å². The summed E-state index contributed by atoms with van der Waals surface area (Å²) in [4.78, 5) is 0. The molecule has 2 aromatic carbocycles. The van der Waals surface area contributed by atoms with Crippen molar-refractivity contribution < 1.29 is 10.2 Å². The van der Waals surface area contributed by atoms with Gasteiger partial charge in [-0.25, -0.2) is 0 Å². The fourth-order valence-corrected chi connectivity index (χ4v) is 6.69. The first-order valence-corrected chi connectivity index (χ1v) is 10.1. The molecule has 2 N–H and O–H groups in total. The van der Waals surface area contributed by atoms with E-state index in [1.807, 2.05) is 12.1 Å². The van der Waals surface area contributed by atoms with E-state index in [1.165, 1.54) is 29.5 Å². The first-order chi connectivity index (χ1) is 12.5. The van der Waals surface area contributed by atoms with E-state index in [4.69, 9.17) is 0 Å². The maximum Gasteiger partial charge on any atom is 0.115 e. The lowest BCUT2D eigenvalue weighted by Gasteiger charge is -2.52. The second kappa shape index (κ2) is 5.85. The van der Waals surface area contributed by atoms with Crippen molar-refractivity contribution in [1.29, 1.82) is 0 Å². The van der Waals surface area contributed by atoms with Gasteiger partial charge in [0.2, 0.25) is 0 Å². The first-order valence-electron chi connectivity index (χ1n) is 10.1. The zero-order chi connectivity index (χ0) is 17.9. The highest BCUT2D eigenvalue weighted by molar-refractivity contribution is 5.43. The molecule has 3 aliphatic carbocycles. The van der Waals surface area contributed by atoms with Crippen LogP contribution in [0.5, 0.6) is 5.75 Å². The highest BCUT2D eigenvalue weighted by Gasteiger charge is 2.55. The first kappa shape index (κ1) is 16.4. The maximum atomic E-state index is 10.5. The average molecular weight is 348 g/mol. The van der Waals surface area contributed by atoms with Gasteiger partial charge in [0.1, 0.15) is 5.75 Å². The summed E-state index contributed by atoms with van der Waals surface area (Å²) in [6.45, 7) is 2.42. The SMILES string of the molecule is C[C@]12CC[C@@H]3c4ccc(O)cc4C[C@@H](c4ccccc4)[C@H]3[C@@H]1C[C@@H](O)C2. The van der Waals surface area contributed by atoms with Crippen LogP contribution >= 0.6 is 0 Å². The van der Waals surface area contributed by atoms with Crippen molar-refractivity contribution in [1.82, 2.24) is 0 Å². The van der Waals surface area contributed by atoms with Gasteiger partial charge in [0.15, 0.2) is 0 Å². The van der Waals surface area contributed by atoms with Crippen molar-refractivity contribution >= 4 is 0 Å². The molecule has 0 bridgehead atoms. The van der Waals surface area contributed by atoms with E-state index in [0.29, 0.717) is 29.4 Å². The number of hydrogen-bond acceptors (Lipinski definition) is 2. The summed E-state index contributed by atoms with van der Waals surface area (Å²) >= 11 is 0. The molecule has 2 saturated carbocycles. The van der Waals surface area contributed by atoms with E-state index >= 15 is 0 Å². The molecule has 0 unspecified atom stereocenters. The van der Waals surface area contributed by atoms with Gasteiger partial charge in [-0.1, -0.05) is 43.3 Å². The van der Waals surface area contributed by atoms with Crippen LogP contribution < -0.4 is 0 Å². The number of rotatable bonds is 1. The number of aromatic hydroxyl groups is 1. The molecule has 5 rings (SSSR count). The van der Waals surface area contributed by atoms with Gasteiger partial charge in [0.05, 0.1) is 6.10 Å². The zero-order valence-electron chi connectivity index (χ0n) is 15.4. The monoisotopic (exact) mass is 348 g/mol. The van der Waals surface area contributed by atoms with Gasteiger partial charge >= 0.3 is 0 Å². The Morgan fingerprint density at radius 1 is 1.04 bits per heavy atom. The Hall–Kier alpha value is -1.80. The quantitative estimate of drug-likeness (QED) is 0.761. The van der Waals surface area contributed by atoms with Crippen molar-refractivity contribution in [3.05, 3.63) is 65.2 Å². The lowest BCUT2D eigenvalue weighted by Crippen LogP contribution is -2.43. The molecule has 2 fully saturated rings. The number of aliphatic hydroxyl groups is 1. The number of fused-ring (bicyclic) bond motifs is 5. The Morgan fingerprint density at radius 2 is 1.85 bits per heavy atom. The van der Waals surface area contributed by atoms with Crippen LogP contribution in [0.4, 0.5) is 0 Å². The van der Waals surface area contributed by atoms with Crippen molar-refractivity contribution in [3.63, 3.8) is 0 Å². The fraction of sp³-hybridized carbons (Fsp3) is 0.500. The molecule has 0 aliphatic heterocycles. The second-order valence-corrected chi connectivity index (χ2v) is 9.18. The number of benzene rings is 2. The summed E-state index contributed by atoms with van der Waals surface area (Å²) < 4.78 is 0. The van der Waals surface area contributed by atoms with Gasteiger partial charge in [-0.3, -0.25) is 0 Å². The molecule has 0 heterocycles. The molecular formula is C24H28O2. The normalized spacial score (nSPS) is 38.3. The summed E-state index contributed by atoms with van der Waals surface area (Å²) in [7, 11) is 0. The van der Waals surface area contributed by atoms with Crippen LogP contribution in [-0.4, -0.2) is 16.3 Å². The van der Waals surface area contributed by atoms with Crippen LogP contribution in [-0.2, 0) is 6.42 Å². The number of hydrogen-bond donors (Lipinski definition) is 2. The smallest absolute Gasteiger partial charge is 0.115 e. The molecule has 2 heteroatoms. The number of phenolic OH excluding ortho intramolecular Hbond substituents is 1. The number of phenols is 1. The third kappa shape index (κ3) is 2.42. The van der Waals surface area contributed by atoms with Crippen molar-refractivity contribution in [2.24, 2.45) is 17.3 Å². The Balaban J connectivity index is 1.64. The third-order valence-electron chi connectivity index (χ3n) is 7.74. The van der Waals surface area contributed by atoms with E-state index in [0.717, 1.165) is 19.3 Å². The lowest BCUT2D eigenvalue weighted by atomic mass is 9.52. The Bertz CT molecular complexity index is 814. The Kier molecular flexibility index (Phi) is 3.69.